The Labute approximate surface area is 71.7 Å². The smallest absolute Gasteiger partial charge is 0.0885 e. The van der Waals surface area contributed by atoms with Gasteiger partial charge in [0, 0.05) is 18.3 Å². The van der Waals surface area contributed by atoms with Gasteiger partial charge in [0.05, 0.1) is 11.4 Å². The number of hydrogen-bond donors (Lipinski definition) is 0. The molecule has 2 heteroatoms. The molecule has 1 aliphatic heterocycles. The monoisotopic (exact) mass is 158 g/mol. The highest BCUT2D eigenvalue weighted by Gasteiger charge is 2.01. The van der Waals surface area contributed by atoms with Crippen LogP contribution in [0.15, 0.2) is 34.3 Å². The molecule has 0 atom stereocenters. The molecule has 0 fully saturated rings. The van der Waals surface area contributed by atoms with Gasteiger partial charge in [0.25, 0.3) is 0 Å². The van der Waals surface area contributed by atoms with Crippen molar-refractivity contribution >= 4 is 23.3 Å². The lowest BCUT2D eigenvalue weighted by Crippen LogP contribution is -1.88. The van der Waals surface area contributed by atoms with E-state index < -0.39 is 0 Å². The number of rotatable bonds is 0. The van der Waals surface area contributed by atoms with Gasteiger partial charge in [-0.3, -0.25) is 9.98 Å². The van der Waals surface area contributed by atoms with Gasteiger partial charge in [0.1, 0.15) is 0 Å². The number of benzene rings is 1. The number of nitrogens with zero attached hydrogens (tertiary/aromatic N) is 2. The fourth-order valence-corrected chi connectivity index (χ4v) is 1.20. The summed E-state index contributed by atoms with van der Waals surface area (Å²) in [5, 5.41) is 0. The molecule has 0 N–H and O–H groups in total. The molecule has 1 aromatic carbocycles. The van der Waals surface area contributed by atoms with Gasteiger partial charge in [-0.05, 0) is 19.1 Å². The Hall–Kier alpha value is -1.44. The first-order valence-corrected chi connectivity index (χ1v) is 4.02. The Kier molecular flexibility index (Phi) is 1.74. The molecule has 0 saturated heterocycles. The highest BCUT2D eigenvalue weighted by atomic mass is 14.8. The SMILES string of the molecule is CC1=Nc2ccccc2N=CC1. The Balaban J connectivity index is 2.58. The zero-order chi connectivity index (χ0) is 8.39. The van der Waals surface area contributed by atoms with Crippen molar-refractivity contribution in [2.75, 3.05) is 0 Å². The van der Waals surface area contributed by atoms with Gasteiger partial charge in [-0.15, -0.1) is 0 Å². The maximum Gasteiger partial charge on any atom is 0.0885 e. The summed E-state index contributed by atoms with van der Waals surface area (Å²) in [5.74, 6) is 0. The van der Waals surface area contributed by atoms with E-state index in [0.717, 1.165) is 23.5 Å². The molecule has 0 radical (unpaired) electrons. The average Bonchev–Trinajstić information content (AvgIpc) is 2.25. The summed E-state index contributed by atoms with van der Waals surface area (Å²) in [6, 6.07) is 7.93. The summed E-state index contributed by atoms with van der Waals surface area (Å²) >= 11 is 0. The van der Waals surface area contributed by atoms with Crippen molar-refractivity contribution in [1.82, 2.24) is 0 Å². The third-order valence-corrected chi connectivity index (χ3v) is 1.81. The summed E-state index contributed by atoms with van der Waals surface area (Å²) < 4.78 is 0. The maximum absolute atomic E-state index is 4.43. The van der Waals surface area contributed by atoms with Gasteiger partial charge in [-0.2, -0.15) is 0 Å². The lowest BCUT2D eigenvalue weighted by molar-refractivity contribution is 1.45. The van der Waals surface area contributed by atoms with Crippen molar-refractivity contribution in [3.8, 4) is 0 Å². The number of fused-ring (bicyclic) bond motifs is 1. The Morgan fingerprint density at radius 2 is 1.92 bits per heavy atom. The molecular formula is C10H10N2. The Bertz CT molecular complexity index is 351. The minimum Gasteiger partial charge on any atom is -0.259 e. The molecule has 0 spiro atoms. The fraction of sp³-hybridized carbons (Fsp3) is 0.200. The maximum atomic E-state index is 4.43. The molecule has 0 bridgehead atoms. The predicted molar refractivity (Wildman–Crippen MR) is 52.0 cm³/mol. The van der Waals surface area contributed by atoms with Crippen LogP contribution in [-0.2, 0) is 0 Å². The van der Waals surface area contributed by atoms with Crippen molar-refractivity contribution in [3.63, 3.8) is 0 Å². The summed E-state index contributed by atoms with van der Waals surface area (Å²) in [6.07, 6.45) is 2.76. The van der Waals surface area contributed by atoms with Gasteiger partial charge in [0.2, 0.25) is 0 Å². The van der Waals surface area contributed by atoms with Crippen molar-refractivity contribution in [1.29, 1.82) is 0 Å². The normalized spacial score (nSPS) is 14.9. The summed E-state index contributed by atoms with van der Waals surface area (Å²) in [5.41, 5.74) is 3.06. The molecule has 1 aliphatic rings. The van der Waals surface area contributed by atoms with E-state index in [1.54, 1.807) is 0 Å². The van der Waals surface area contributed by atoms with E-state index in [1.807, 2.05) is 37.4 Å². The van der Waals surface area contributed by atoms with Crippen LogP contribution >= 0.6 is 0 Å². The van der Waals surface area contributed by atoms with E-state index in [1.165, 1.54) is 0 Å². The van der Waals surface area contributed by atoms with Crippen LogP contribution < -0.4 is 0 Å². The lowest BCUT2D eigenvalue weighted by Gasteiger charge is -1.96. The van der Waals surface area contributed by atoms with Crippen LogP contribution in [0.4, 0.5) is 11.4 Å². The molecule has 2 nitrogen and oxygen atoms in total. The first kappa shape index (κ1) is 7.22. The van der Waals surface area contributed by atoms with Crippen LogP contribution in [0.5, 0.6) is 0 Å². The first-order chi connectivity index (χ1) is 5.86. The second-order valence-electron chi connectivity index (χ2n) is 2.85. The Morgan fingerprint density at radius 3 is 2.75 bits per heavy atom. The van der Waals surface area contributed by atoms with Crippen LogP contribution in [-0.4, -0.2) is 11.9 Å². The molecule has 12 heavy (non-hydrogen) atoms. The fourth-order valence-electron chi connectivity index (χ4n) is 1.20. The van der Waals surface area contributed by atoms with Gasteiger partial charge in [-0.25, -0.2) is 0 Å². The molecule has 1 aromatic rings. The minimum atomic E-state index is 0.856. The van der Waals surface area contributed by atoms with E-state index in [4.69, 9.17) is 0 Å². The van der Waals surface area contributed by atoms with Gasteiger partial charge in [-0.1, -0.05) is 12.1 Å². The first-order valence-electron chi connectivity index (χ1n) is 4.02. The quantitative estimate of drug-likeness (QED) is 0.554. The zero-order valence-corrected chi connectivity index (χ0v) is 6.99. The van der Waals surface area contributed by atoms with Gasteiger partial charge >= 0.3 is 0 Å². The molecule has 60 valence electrons. The molecular weight excluding hydrogens is 148 g/mol. The van der Waals surface area contributed by atoms with E-state index in [2.05, 4.69) is 9.98 Å². The van der Waals surface area contributed by atoms with Crippen LogP contribution in [0.1, 0.15) is 13.3 Å². The van der Waals surface area contributed by atoms with Gasteiger partial charge < -0.3 is 0 Å². The van der Waals surface area contributed by atoms with E-state index in [-0.39, 0.29) is 0 Å². The molecule has 0 unspecified atom stereocenters. The zero-order valence-electron chi connectivity index (χ0n) is 6.99. The van der Waals surface area contributed by atoms with E-state index >= 15 is 0 Å². The summed E-state index contributed by atoms with van der Waals surface area (Å²) in [6.45, 7) is 2.02. The second-order valence-corrected chi connectivity index (χ2v) is 2.85. The molecule has 0 aromatic heterocycles. The van der Waals surface area contributed by atoms with Crippen molar-refractivity contribution in [2.24, 2.45) is 9.98 Å². The van der Waals surface area contributed by atoms with Crippen molar-refractivity contribution in [3.05, 3.63) is 24.3 Å². The highest BCUT2D eigenvalue weighted by Crippen LogP contribution is 2.28. The minimum absolute atomic E-state index is 0.856. The van der Waals surface area contributed by atoms with Crippen molar-refractivity contribution < 1.29 is 0 Å². The van der Waals surface area contributed by atoms with Crippen molar-refractivity contribution in [2.45, 2.75) is 13.3 Å². The third kappa shape index (κ3) is 1.28. The predicted octanol–water partition coefficient (Wildman–Crippen LogP) is 2.89. The Morgan fingerprint density at radius 1 is 1.17 bits per heavy atom. The standard InChI is InChI=1S/C10H10N2/c1-8-6-7-11-9-4-2-3-5-10(9)12-8/h2-5,7H,6H2,1H3. The van der Waals surface area contributed by atoms with Gasteiger partial charge in [0.15, 0.2) is 0 Å². The summed E-state index contributed by atoms with van der Waals surface area (Å²) in [7, 11) is 0. The number of aliphatic imine (C=N–C) groups is 2. The average molecular weight is 158 g/mol. The van der Waals surface area contributed by atoms with Crippen LogP contribution in [0.2, 0.25) is 0 Å². The molecule has 1 heterocycles. The largest absolute Gasteiger partial charge is 0.259 e. The summed E-state index contributed by atoms with van der Waals surface area (Å²) in [4.78, 5) is 8.73. The van der Waals surface area contributed by atoms with Crippen LogP contribution in [0.25, 0.3) is 0 Å². The molecule has 0 amide bonds. The van der Waals surface area contributed by atoms with E-state index in [0.29, 0.717) is 0 Å². The van der Waals surface area contributed by atoms with Crippen LogP contribution in [0.3, 0.4) is 0 Å². The van der Waals surface area contributed by atoms with E-state index in [9.17, 15) is 0 Å². The highest BCUT2D eigenvalue weighted by molar-refractivity contribution is 5.98. The molecule has 0 saturated carbocycles. The third-order valence-electron chi connectivity index (χ3n) is 1.81. The number of para-hydroxylation sites is 2. The second kappa shape index (κ2) is 2.89. The number of hydrogen-bond acceptors (Lipinski definition) is 2. The topological polar surface area (TPSA) is 24.7 Å². The lowest BCUT2D eigenvalue weighted by atomic mass is 10.3. The van der Waals surface area contributed by atoms with Crippen LogP contribution in [0, 0.1) is 0 Å². The molecule has 2 rings (SSSR count). The molecule has 0 aliphatic carbocycles.